The fourth-order valence-electron chi connectivity index (χ4n) is 4.45. The quantitative estimate of drug-likeness (QED) is 0.600. The summed E-state index contributed by atoms with van der Waals surface area (Å²) in [6.45, 7) is 6.53. The lowest BCUT2D eigenvalue weighted by Gasteiger charge is -2.35. The van der Waals surface area contributed by atoms with Gasteiger partial charge in [-0.1, -0.05) is 13.3 Å². The number of primary amides is 1. The second-order valence-corrected chi connectivity index (χ2v) is 9.26. The molecule has 0 saturated carbocycles. The van der Waals surface area contributed by atoms with Gasteiger partial charge in [0.1, 0.15) is 17.7 Å². The fourth-order valence-corrected chi connectivity index (χ4v) is 4.45. The van der Waals surface area contributed by atoms with E-state index in [4.69, 9.17) is 10.5 Å². The average Bonchev–Trinajstić information content (AvgIpc) is 3.28. The van der Waals surface area contributed by atoms with Crippen molar-refractivity contribution in [1.82, 2.24) is 9.88 Å². The highest BCUT2D eigenvalue weighted by Crippen LogP contribution is 2.30. The summed E-state index contributed by atoms with van der Waals surface area (Å²) < 4.78 is 20.3. The van der Waals surface area contributed by atoms with Crippen LogP contribution in [-0.2, 0) is 14.3 Å². The number of nitrogens with zero attached hydrogens (tertiary/aromatic N) is 4. The molecule has 2 aromatic rings. The number of piperazine rings is 1. The number of nitrogens with two attached hydrogens (primary N) is 1. The highest BCUT2D eigenvalue weighted by Gasteiger charge is 2.38. The van der Waals surface area contributed by atoms with Gasteiger partial charge in [0.05, 0.1) is 18.2 Å². The lowest BCUT2D eigenvalue weighted by atomic mass is 10.0. The summed E-state index contributed by atoms with van der Waals surface area (Å²) in [6, 6.07) is 8.18. The number of pyridine rings is 1. The summed E-state index contributed by atoms with van der Waals surface area (Å²) in [5.74, 6) is -0.711. The zero-order valence-electron chi connectivity index (χ0n) is 20.7. The molecule has 0 radical (unpaired) electrons. The number of rotatable bonds is 8. The number of cyclic esters (lactones) is 1. The van der Waals surface area contributed by atoms with E-state index in [-0.39, 0.29) is 12.5 Å². The molecule has 2 aliphatic rings. The van der Waals surface area contributed by atoms with E-state index in [0.29, 0.717) is 49.4 Å². The molecule has 2 saturated heterocycles. The maximum absolute atomic E-state index is 15.0. The van der Waals surface area contributed by atoms with Gasteiger partial charge in [0.25, 0.3) is 0 Å². The van der Waals surface area contributed by atoms with Crippen LogP contribution in [0.4, 0.5) is 20.7 Å². The van der Waals surface area contributed by atoms with E-state index in [9.17, 15) is 14.4 Å². The second kappa shape index (κ2) is 10.9. The molecule has 1 aromatic carbocycles. The Hall–Kier alpha value is -3.69. The smallest absolute Gasteiger partial charge is 0.414 e. The summed E-state index contributed by atoms with van der Waals surface area (Å²) in [6.07, 6.45) is 2.83. The molecule has 2 fully saturated rings. The van der Waals surface area contributed by atoms with Gasteiger partial charge in [-0.15, -0.1) is 0 Å². The number of hydrogen-bond donors (Lipinski definition) is 1. The van der Waals surface area contributed by atoms with Crippen LogP contribution in [0.1, 0.15) is 33.1 Å². The Morgan fingerprint density at radius 3 is 2.56 bits per heavy atom. The van der Waals surface area contributed by atoms with Crippen LogP contribution >= 0.6 is 0 Å². The summed E-state index contributed by atoms with van der Waals surface area (Å²) in [5.41, 5.74) is 6.63. The number of amides is 3. The molecular weight excluding hydrogens is 465 g/mol. The summed E-state index contributed by atoms with van der Waals surface area (Å²) in [7, 11) is 0. The second-order valence-electron chi connectivity index (χ2n) is 9.26. The molecule has 2 atom stereocenters. The Labute approximate surface area is 210 Å². The van der Waals surface area contributed by atoms with E-state index in [1.165, 1.54) is 11.0 Å². The average molecular weight is 498 g/mol. The number of carbonyl (C=O) groups is 3. The van der Waals surface area contributed by atoms with Gasteiger partial charge in [-0.05, 0) is 43.7 Å². The number of aromatic nitrogens is 1. The van der Waals surface area contributed by atoms with E-state index in [0.717, 1.165) is 18.7 Å². The Morgan fingerprint density at radius 2 is 1.94 bits per heavy atom. The van der Waals surface area contributed by atoms with Crippen molar-refractivity contribution in [3.05, 3.63) is 42.3 Å². The van der Waals surface area contributed by atoms with Crippen LogP contribution < -0.4 is 15.5 Å². The topological polar surface area (TPSA) is 109 Å². The van der Waals surface area contributed by atoms with Crippen molar-refractivity contribution < 1.29 is 23.5 Å². The predicted octanol–water partition coefficient (Wildman–Crippen LogP) is 3.17. The first-order valence-electron chi connectivity index (χ1n) is 12.3. The van der Waals surface area contributed by atoms with E-state index in [1.807, 2.05) is 17.0 Å². The summed E-state index contributed by atoms with van der Waals surface area (Å²) in [5, 5.41) is 0. The standard InChI is InChI=1S/C26H32FN5O4/c1-3-4-5-24(33)31-12-10-30(11-13-31)23-9-6-18(15-29-23)20-8-7-19(14-21(20)27)32-16-22(36-26(32)35)17(2)25(28)34/h6-9,14-15,17,22H,3-5,10-13,16H2,1-2H3,(H2,28,34). The minimum atomic E-state index is -0.675. The minimum Gasteiger partial charge on any atom is -0.443 e. The molecule has 4 rings (SSSR count). The summed E-state index contributed by atoms with van der Waals surface area (Å²) >= 11 is 0. The Balaban J connectivity index is 1.40. The lowest BCUT2D eigenvalue weighted by molar-refractivity contribution is -0.131. The zero-order chi connectivity index (χ0) is 25.8. The molecule has 1 aromatic heterocycles. The van der Waals surface area contributed by atoms with Crippen LogP contribution in [0.5, 0.6) is 0 Å². The number of carbonyl (C=O) groups excluding carboxylic acids is 3. The van der Waals surface area contributed by atoms with Crippen LogP contribution in [0.25, 0.3) is 11.1 Å². The minimum absolute atomic E-state index is 0.120. The van der Waals surface area contributed by atoms with Crippen molar-refractivity contribution in [3.63, 3.8) is 0 Å². The maximum Gasteiger partial charge on any atom is 0.414 e. The van der Waals surface area contributed by atoms with Gasteiger partial charge in [0.2, 0.25) is 11.8 Å². The molecule has 2 unspecified atom stereocenters. The molecule has 36 heavy (non-hydrogen) atoms. The van der Waals surface area contributed by atoms with Crippen molar-refractivity contribution in [2.45, 2.75) is 39.2 Å². The Kier molecular flexibility index (Phi) is 7.71. The van der Waals surface area contributed by atoms with Gasteiger partial charge in [0.15, 0.2) is 0 Å². The number of halogens is 1. The fraction of sp³-hybridized carbons (Fsp3) is 0.462. The number of ether oxygens (including phenoxy) is 1. The van der Waals surface area contributed by atoms with Gasteiger partial charge < -0.3 is 20.3 Å². The predicted molar refractivity (Wildman–Crippen MR) is 134 cm³/mol. The van der Waals surface area contributed by atoms with Crippen molar-refractivity contribution in [2.24, 2.45) is 11.7 Å². The first-order chi connectivity index (χ1) is 17.3. The molecule has 2 N–H and O–H groups in total. The van der Waals surface area contributed by atoms with Crippen LogP contribution in [0.3, 0.4) is 0 Å². The van der Waals surface area contributed by atoms with Crippen LogP contribution in [0.15, 0.2) is 36.5 Å². The SMILES string of the molecule is CCCCC(=O)N1CCN(c2ccc(-c3ccc(N4CC(C(C)C(N)=O)OC4=O)cc3F)cn2)CC1. The first kappa shape index (κ1) is 25.4. The number of benzene rings is 1. The molecule has 0 spiro atoms. The molecule has 0 aliphatic carbocycles. The summed E-state index contributed by atoms with van der Waals surface area (Å²) in [4.78, 5) is 45.8. The zero-order valence-corrected chi connectivity index (χ0v) is 20.7. The highest BCUT2D eigenvalue weighted by atomic mass is 19.1. The maximum atomic E-state index is 15.0. The van der Waals surface area contributed by atoms with E-state index in [2.05, 4.69) is 16.8 Å². The van der Waals surface area contributed by atoms with Gasteiger partial charge in [-0.3, -0.25) is 14.5 Å². The largest absolute Gasteiger partial charge is 0.443 e. The van der Waals surface area contributed by atoms with Gasteiger partial charge >= 0.3 is 6.09 Å². The molecule has 9 nitrogen and oxygen atoms in total. The van der Waals surface area contributed by atoms with Gasteiger partial charge in [0, 0.05) is 49.9 Å². The Morgan fingerprint density at radius 1 is 1.19 bits per heavy atom. The molecule has 2 aliphatic heterocycles. The monoisotopic (exact) mass is 497 g/mol. The normalized spacial score (nSPS) is 18.8. The Bertz CT molecular complexity index is 1120. The molecule has 3 amide bonds. The molecule has 192 valence electrons. The number of hydrogen-bond acceptors (Lipinski definition) is 6. The molecule has 3 heterocycles. The third-order valence-electron chi connectivity index (χ3n) is 6.87. The van der Waals surface area contributed by atoms with Crippen LogP contribution in [0, 0.1) is 11.7 Å². The van der Waals surface area contributed by atoms with E-state index < -0.39 is 29.8 Å². The van der Waals surface area contributed by atoms with E-state index >= 15 is 4.39 Å². The van der Waals surface area contributed by atoms with Crippen molar-refractivity contribution in [2.75, 3.05) is 42.5 Å². The van der Waals surface area contributed by atoms with Gasteiger partial charge in [-0.25, -0.2) is 14.2 Å². The van der Waals surface area contributed by atoms with Crippen LogP contribution in [-0.4, -0.2) is 66.6 Å². The third kappa shape index (κ3) is 5.42. The van der Waals surface area contributed by atoms with Gasteiger partial charge in [-0.2, -0.15) is 0 Å². The van der Waals surface area contributed by atoms with Crippen molar-refractivity contribution in [1.29, 1.82) is 0 Å². The number of unbranched alkanes of at least 4 members (excludes halogenated alkanes) is 1. The number of anilines is 2. The molecule has 10 heteroatoms. The van der Waals surface area contributed by atoms with E-state index in [1.54, 1.807) is 25.3 Å². The first-order valence-corrected chi connectivity index (χ1v) is 12.3. The molecule has 0 bridgehead atoms. The highest BCUT2D eigenvalue weighted by molar-refractivity contribution is 5.91. The third-order valence-corrected chi connectivity index (χ3v) is 6.87. The van der Waals surface area contributed by atoms with Crippen molar-refractivity contribution >= 4 is 29.4 Å². The molecular formula is C26H32FN5O4. The van der Waals surface area contributed by atoms with Crippen LogP contribution in [0.2, 0.25) is 0 Å². The van der Waals surface area contributed by atoms with Crippen molar-refractivity contribution in [3.8, 4) is 11.1 Å². The lowest BCUT2D eigenvalue weighted by Crippen LogP contribution is -2.49.